The van der Waals surface area contributed by atoms with E-state index in [-0.39, 0.29) is 45.8 Å². The Morgan fingerprint density at radius 2 is 1.55 bits per heavy atom. The van der Waals surface area contributed by atoms with Gasteiger partial charge in [-0.15, -0.1) is 0 Å². The van der Waals surface area contributed by atoms with Crippen LogP contribution in [-0.4, -0.2) is 71.8 Å². The third kappa shape index (κ3) is 6.62. The minimum absolute atomic E-state index is 0.0350. The largest absolute Gasteiger partial charge is 0.481 e. The molecule has 4 fully saturated rings. The SMILES string of the molecule is C=C(C)[C@@H]1CC[C@]2(CON(CCN(C)C)C(=O)CCC(=O)O)CC[C@]3(C)C(CCC4[C@@]5(C)CC=C(c6ccc(C(=O)O)cc6)C(C)(C)C5CC[C@]43C)C12. The molecule has 0 bridgehead atoms. The summed E-state index contributed by atoms with van der Waals surface area (Å²) in [6.07, 6.45) is 12.5. The van der Waals surface area contributed by atoms with E-state index in [1.54, 1.807) is 12.1 Å². The van der Waals surface area contributed by atoms with Gasteiger partial charge in [-0.2, -0.15) is 0 Å². The van der Waals surface area contributed by atoms with Gasteiger partial charge in [0, 0.05) is 18.4 Å². The van der Waals surface area contributed by atoms with Gasteiger partial charge >= 0.3 is 11.9 Å². The summed E-state index contributed by atoms with van der Waals surface area (Å²) in [5.74, 6) is 0.437. The predicted molar refractivity (Wildman–Crippen MR) is 209 cm³/mol. The van der Waals surface area contributed by atoms with Gasteiger partial charge in [-0.1, -0.05) is 65.0 Å². The van der Waals surface area contributed by atoms with Crippen molar-refractivity contribution in [2.75, 3.05) is 33.8 Å². The Hall–Kier alpha value is -2.97. The molecule has 1 amide bonds. The zero-order valence-corrected chi connectivity index (χ0v) is 33.8. The number of fused-ring (bicyclic) bond motifs is 7. The number of rotatable bonds is 12. The summed E-state index contributed by atoms with van der Waals surface area (Å²) < 4.78 is 0. The lowest BCUT2D eigenvalue weighted by Crippen LogP contribution is -2.65. The number of carbonyl (C=O) groups excluding carboxylic acids is 1. The van der Waals surface area contributed by atoms with Gasteiger partial charge < -0.3 is 15.1 Å². The molecule has 8 nitrogen and oxygen atoms in total. The van der Waals surface area contributed by atoms with Gasteiger partial charge in [-0.25, -0.2) is 9.86 Å². The number of aromatic carboxylic acids is 1. The van der Waals surface area contributed by atoms with Crippen LogP contribution in [0, 0.1) is 56.7 Å². The molecule has 1 aromatic rings. The summed E-state index contributed by atoms with van der Waals surface area (Å²) in [7, 11) is 3.95. The minimum Gasteiger partial charge on any atom is -0.481 e. The van der Waals surface area contributed by atoms with E-state index in [0.29, 0.717) is 54.8 Å². The van der Waals surface area contributed by atoms with Crippen LogP contribution in [0.15, 0.2) is 42.5 Å². The quantitative estimate of drug-likeness (QED) is 0.163. The smallest absolute Gasteiger partial charge is 0.335 e. The van der Waals surface area contributed by atoms with Crippen LogP contribution in [0.25, 0.3) is 5.57 Å². The molecule has 4 saturated carbocycles. The minimum atomic E-state index is -0.969. The zero-order chi connectivity index (χ0) is 38.7. The van der Waals surface area contributed by atoms with Crippen LogP contribution in [0.5, 0.6) is 0 Å². The fourth-order valence-electron chi connectivity index (χ4n) is 13.5. The Labute approximate surface area is 318 Å². The number of aliphatic carboxylic acids is 1. The molecule has 4 unspecified atom stereocenters. The van der Waals surface area contributed by atoms with Crippen LogP contribution in [0.1, 0.15) is 128 Å². The van der Waals surface area contributed by atoms with Crippen molar-refractivity contribution >= 4 is 23.4 Å². The van der Waals surface area contributed by atoms with E-state index in [4.69, 9.17) is 4.84 Å². The van der Waals surface area contributed by atoms with Gasteiger partial charge in [0.25, 0.3) is 0 Å². The maximum absolute atomic E-state index is 13.3. The summed E-state index contributed by atoms with van der Waals surface area (Å²) in [6.45, 7) is 21.1. The van der Waals surface area contributed by atoms with Crippen molar-refractivity contribution in [3.05, 3.63) is 53.6 Å². The summed E-state index contributed by atoms with van der Waals surface area (Å²) in [5.41, 5.74) is 4.55. The summed E-state index contributed by atoms with van der Waals surface area (Å²) in [5, 5.41) is 20.3. The van der Waals surface area contributed by atoms with E-state index in [2.05, 4.69) is 54.2 Å². The summed E-state index contributed by atoms with van der Waals surface area (Å²) in [6, 6.07) is 7.50. The van der Waals surface area contributed by atoms with Crippen molar-refractivity contribution in [3.8, 4) is 0 Å². The van der Waals surface area contributed by atoms with E-state index in [0.717, 1.165) is 37.7 Å². The average molecular weight is 731 g/mol. The third-order valence-corrected chi connectivity index (χ3v) is 16.3. The number of carboxylic acids is 2. The lowest BCUT2D eigenvalue weighted by atomic mass is 9.32. The Morgan fingerprint density at radius 3 is 2.17 bits per heavy atom. The highest BCUT2D eigenvalue weighted by molar-refractivity contribution is 5.88. The Bertz CT molecular complexity index is 1630. The van der Waals surface area contributed by atoms with Crippen LogP contribution in [0.4, 0.5) is 0 Å². The van der Waals surface area contributed by atoms with E-state index in [9.17, 15) is 24.6 Å². The number of amides is 1. The molecule has 0 heterocycles. The van der Waals surface area contributed by atoms with Crippen LogP contribution >= 0.6 is 0 Å². The number of hydrogen-bond donors (Lipinski definition) is 2. The molecule has 6 rings (SSSR count). The first kappa shape index (κ1) is 39.7. The molecule has 53 heavy (non-hydrogen) atoms. The van der Waals surface area contributed by atoms with Crippen LogP contribution in [0.3, 0.4) is 0 Å². The monoisotopic (exact) mass is 730 g/mol. The first-order valence-corrected chi connectivity index (χ1v) is 20.3. The van der Waals surface area contributed by atoms with Crippen LogP contribution in [0.2, 0.25) is 0 Å². The van der Waals surface area contributed by atoms with Gasteiger partial charge in [-0.3, -0.25) is 14.4 Å². The number of likely N-dealkylation sites (N-methyl/N-ethyl adjacent to an activating group) is 1. The Morgan fingerprint density at radius 1 is 0.849 bits per heavy atom. The number of carbonyl (C=O) groups is 3. The molecule has 0 spiro atoms. The first-order chi connectivity index (χ1) is 24.8. The predicted octanol–water partition coefficient (Wildman–Crippen LogP) is 9.22. The molecule has 9 atom stereocenters. The van der Waals surface area contributed by atoms with Crippen molar-refractivity contribution in [2.24, 2.45) is 56.7 Å². The number of carboxylic acid groups (broad SMARTS) is 2. The molecule has 0 saturated heterocycles. The topological polar surface area (TPSA) is 107 Å². The van der Waals surface area contributed by atoms with Gasteiger partial charge in [0.2, 0.25) is 5.91 Å². The fourth-order valence-corrected chi connectivity index (χ4v) is 13.5. The maximum atomic E-state index is 13.3. The summed E-state index contributed by atoms with van der Waals surface area (Å²) in [4.78, 5) is 44.8. The lowest BCUT2D eigenvalue weighted by Gasteiger charge is -2.72. The Balaban J connectivity index is 1.28. The molecule has 0 aliphatic heterocycles. The molecule has 1 aromatic carbocycles. The second kappa shape index (κ2) is 14.3. The summed E-state index contributed by atoms with van der Waals surface area (Å²) >= 11 is 0. The maximum Gasteiger partial charge on any atom is 0.335 e. The number of nitrogens with zero attached hydrogens (tertiary/aromatic N) is 2. The molecule has 292 valence electrons. The van der Waals surface area contributed by atoms with Gasteiger partial charge in [-0.05, 0) is 153 Å². The standard InChI is InChI=1S/C45H66N2O6/c1-29(2)32-18-23-45(28-53-47(27-26-46(8)9)37(48)16-17-38(49)50)25-24-43(6)34(39(32)45)14-15-36-42(5)21-19-33(30-10-12-31(13-11-30)40(51)52)41(3,4)35(42)20-22-44(36,43)7/h10-13,19,32,34-36,39H,1,14-18,20-28H2,2-9H3,(H,49,50)(H,51,52)/t32-,34?,35?,36?,39?,42-,43+,44+,45+/m0/s1. The average Bonchev–Trinajstić information content (AvgIpc) is 3.47. The van der Waals surface area contributed by atoms with Gasteiger partial charge in [0.05, 0.1) is 25.1 Å². The Kier molecular flexibility index (Phi) is 10.7. The van der Waals surface area contributed by atoms with Gasteiger partial charge in [0.1, 0.15) is 0 Å². The molecule has 0 radical (unpaired) electrons. The second-order valence-electron chi connectivity index (χ2n) is 19.4. The highest BCUT2D eigenvalue weighted by Crippen LogP contribution is 2.77. The lowest BCUT2D eigenvalue weighted by molar-refractivity contribution is -0.245. The number of hydroxylamine groups is 2. The van der Waals surface area contributed by atoms with Crippen molar-refractivity contribution in [2.45, 2.75) is 112 Å². The van der Waals surface area contributed by atoms with Crippen molar-refractivity contribution < 1.29 is 29.4 Å². The number of benzene rings is 1. The van der Waals surface area contributed by atoms with E-state index in [1.165, 1.54) is 41.9 Å². The van der Waals surface area contributed by atoms with Crippen molar-refractivity contribution in [1.82, 2.24) is 9.96 Å². The van der Waals surface area contributed by atoms with E-state index >= 15 is 0 Å². The highest BCUT2D eigenvalue weighted by atomic mass is 16.7. The number of hydrogen-bond acceptors (Lipinski definition) is 5. The molecule has 8 heteroatoms. The van der Waals surface area contributed by atoms with Crippen molar-refractivity contribution in [1.29, 1.82) is 0 Å². The van der Waals surface area contributed by atoms with Crippen LogP contribution in [-0.2, 0) is 14.4 Å². The zero-order valence-electron chi connectivity index (χ0n) is 33.8. The second-order valence-corrected chi connectivity index (χ2v) is 19.4. The number of allylic oxidation sites excluding steroid dienone is 3. The molecular weight excluding hydrogens is 665 g/mol. The van der Waals surface area contributed by atoms with Gasteiger partial charge in [0.15, 0.2) is 0 Å². The van der Waals surface area contributed by atoms with E-state index < -0.39 is 11.9 Å². The highest BCUT2D eigenvalue weighted by Gasteiger charge is 2.70. The molecule has 2 N–H and O–H groups in total. The fraction of sp³-hybridized carbons (Fsp3) is 0.711. The molecule has 0 aromatic heterocycles. The third-order valence-electron chi connectivity index (χ3n) is 16.3. The molecular formula is C45H66N2O6. The first-order valence-electron chi connectivity index (χ1n) is 20.3. The van der Waals surface area contributed by atoms with Crippen LogP contribution < -0.4 is 0 Å². The van der Waals surface area contributed by atoms with Crippen molar-refractivity contribution in [3.63, 3.8) is 0 Å². The van der Waals surface area contributed by atoms with E-state index in [1.807, 2.05) is 31.1 Å². The normalized spacial score (nSPS) is 37.1. The molecule has 5 aliphatic rings. The molecule has 5 aliphatic carbocycles.